The number of rotatable bonds is 2. The zero-order chi connectivity index (χ0) is 14.0. The zero-order valence-electron chi connectivity index (χ0n) is 12.5. The van der Waals surface area contributed by atoms with Crippen molar-refractivity contribution in [1.82, 2.24) is 4.98 Å². The third-order valence-corrected chi connectivity index (χ3v) is 6.09. The highest BCUT2D eigenvalue weighted by Gasteiger charge is 2.54. The Morgan fingerprint density at radius 3 is 2.38 bits per heavy atom. The molecule has 1 heterocycles. The van der Waals surface area contributed by atoms with Gasteiger partial charge < -0.3 is 9.15 Å². The fourth-order valence-electron chi connectivity index (χ4n) is 5.63. The molecular formula is C18H21NO2. The summed E-state index contributed by atoms with van der Waals surface area (Å²) in [6.45, 7) is 0. The first-order valence-corrected chi connectivity index (χ1v) is 8.19. The van der Waals surface area contributed by atoms with Crippen LogP contribution < -0.4 is 4.74 Å². The summed E-state index contributed by atoms with van der Waals surface area (Å²) in [6, 6.07) is 5.95. The van der Waals surface area contributed by atoms with Crippen LogP contribution in [0.15, 0.2) is 22.6 Å². The van der Waals surface area contributed by atoms with Crippen LogP contribution in [-0.4, -0.2) is 12.1 Å². The normalized spacial score (nSPS) is 37.3. The van der Waals surface area contributed by atoms with Gasteiger partial charge in [-0.2, -0.15) is 0 Å². The minimum absolute atomic E-state index is 0.237. The molecule has 0 aliphatic heterocycles. The van der Waals surface area contributed by atoms with Crippen LogP contribution in [0.4, 0.5) is 0 Å². The Balaban J connectivity index is 1.60. The Morgan fingerprint density at radius 2 is 1.76 bits per heavy atom. The molecular weight excluding hydrogens is 262 g/mol. The van der Waals surface area contributed by atoms with Gasteiger partial charge >= 0.3 is 0 Å². The van der Waals surface area contributed by atoms with Gasteiger partial charge in [-0.15, -0.1) is 0 Å². The second-order valence-corrected chi connectivity index (χ2v) is 7.55. The van der Waals surface area contributed by atoms with Crippen LogP contribution in [0.3, 0.4) is 0 Å². The molecule has 110 valence electrons. The van der Waals surface area contributed by atoms with Crippen molar-refractivity contribution in [2.24, 2.45) is 17.8 Å². The lowest BCUT2D eigenvalue weighted by atomic mass is 9.49. The average Bonchev–Trinajstić information content (AvgIpc) is 2.89. The van der Waals surface area contributed by atoms with E-state index in [1.54, 1.807) is 7.11 Å². The Kier molecular flexibility index (Phi) is 2.31. The van der Waals surface area contributed by atoms with Gasteiger partial charge in [0.2, 0.25) is 5.89 Å². The summed E-state index contributed by atoms with van der Waals surface area (Å²) in [5, 5.41) is 0. The molecule has 4 aliphatic carbocycles. The van der Waals surface area contributed by atoms with Crippen molar-refractivity contribution in [3.8, 4) is 5.75 Å². The number of fused-ring (bicyclic) bond motifs is 1. The summed E-state index contributed by atoms with van der Waals surface area (Å²) in [6.07, 6.45) is 8.24. The van der Waals surface area contributed by atoms with Crippen molar-refractivity contribution in [2.75, 3.05) is 7.11 Å². The number of nitrogens with zero attached hydrogens (tertiary/aromatic N) is 1. The summed E-state index contributed by atoms with van der Waals surface area (Å²) in [7, 11) is 1.69. The highest BCUT2D eigenvalue weighted by molar-refractivity contribution is 5.74. The lowest BCUT2D eigenvalue weighted by Gasteiger charge is -2.55. The van der Waals surface area contributed by atoms with Crippen molar-refractivity contribution < 1.29 is 9.15 Å². The molecule has 2 aromatic rings. The van der Waals surface area contributed by atoms with E-state index in [0.29, 0.717) is 0 Å². The maximum Gasteiger partial charge on any atom is 0.201 e. The number of benzene rings is 1. The molecule has 6 rings (SSSR count). The summed E-state index contributed by atoms with van der Waals surface area (Å²) in [5.41, 5.74) is 2.09. The first-order valence-electron chi connectivity index (χ1n) is 8.19. The van der Waals surface area contributed by atoms with E-state index < -0.39 is 0 Å². The number of hydrogen-bond acceptors (Lipinski definition) is 3. The molecule has 21 heavy (non-hydrogen) atoms. The van der Waals surface area contributed by atoms with Crippen molar-refractivity contribution >= 4 is 11.1 Å². The average molecular weight is 283 g/mol. The Morgan fingerprint density at radius 1 is 1.10 bits per heavy atom. The van der Waals surface area contributed by atoms with Gasteiger partial charge in [0.25, 0.3) is 0 Å². The van der Waals surface area contributed by atoms with Gasteiger partial charge in [-0.25, -0.2) is 4.98 Å². The third-order valence-electron chi connectivity index (χ3n) is 6.09. The van der Waals surface area contributed by atoms with Crippen LogP contribution in [0.5, 0.6) is 5.75 Å². The highest BCUT2D eigenvalue weighted by Crippen LogP contribution is 2.60. The highest BCUT2D eigenvalue weighted by atomic mass is 16.5. The largest absolute Gasteiger partial charge is 0.497 e. The van der Waals surface area contributed by atoms with E-state index in [2.05, 4.69) is 0 Å². The second kappa shape index (κ2) is 4.02. The Labute approximate surface area is 124 Å². The summed E-state index contributed by atoms with van der Waals surface area (Å²) in [5.74, 6) is 4.60. The number of methoxy groups -OCH3 is 1. The van der Waals surface area contributed by atoms with Crippen molar-refractivity contribution in [3.63, 3.8) is 0 Å². The molecule has 4 saturated carbocycles. The van der Waals surface area contributed by atoms with Crippen LogP contribution in [-0.2, 0) is 5.41 Å². The van der Waals surface area contributed by atoms with E-state index in [1.807, 2.05) is 18.2 Å². The molecule has 3 heteroatoms. The predicted octanol–water partition coefficient (Wildman–Crippen LogP) is 4.30. The van der Waals surface area contributed by atoms with Crippen LogP contribution in [0.2, 0.25) is 0 Å². The number of aromatic nitrogens is 1. The molecule has 0 unspecified atom stereocenters. The lowest BCUT2D eigenvalue weighted by molar-refractivity contribution is -0.0170. The van der Waals surface area contributed by atoms with Gasteiger partial charge in [0.1, 0.15) is 11.3 Å². The van der Waals surface area contributed by atoms with Crippen LogP contribution in [0.25, 0.3) is 11.1 Å². The summed E-state index contributed by atoms with van der Waals surface area (Å²) >= 11 is 0. The van der Waals surface area contributed by atoms with Gasteiger partial charge in [-0.3, -0.25) is 0 Å². The molecule has 1 aromatic carbocycles. The maximum absolute atomic E-state index is 6.20. The fourth-order valence-corrected chi connectivity index (χ4v) is 5.63. The van der Waals surface area contributed by atoms with E-state index in [4.69, 9.17) is 14.1 Å². The monoisotopic (exact) mass is 283 g/mol. The first kappa shape index (κ1) is 12.1. The van der Waals surface area contributed by atoms with Crippen molar-refractivity contribution in [2.45, 2.75) is 43.9 Å². The Bertz CT molecular complexity index is 667. The van der Waals surface area contributed by atoms with Crippen LogP contribution in [0.1, 0.15) is 44.4 Å². The molecule has 4 aliphatic rings. The molecule has 0 atom stereocenters. The lowest BCUT2D eigenvalue weighted by Crippen LogP contribution is -2.48. The minimum atomic E-state index is 0.237. The second-order valence-electron chi connectivity index (χ2n) is 7.55. The molecule has 0 saturated heterocycles. The first-order chi connectivity index (χ1) is 10.2. The van der Waals surface area contributed by atoms with Crippen molar-refractivity contribution in [1.29, 1.82) is 0 Å². The topological polar surface area (TPSA) is 35.3 Å². The van der Waals surface area contributed by atoms with Gasteiger partial charge in [0.15, 0.2) is 5.58 Å². The van der Waals surface area contributed by atoms with Crippen molar-refractivity contribution in [3.05, 3.63) is 24.1 Å². The molecule has 0 radical (unpaired) electrons. The fraction of sp³-hybridized carbons (Fsp3) is 0.611. The SMILES string of the molecule is COc1ccc2nc(C34CC5CC(CC(C5)C3)C4)oc2c1. The third kappa shape index (κ3) is 1.69. The summed E-state index contributed by atoms with van der Waals surface area (Å²) in [4.78, 5) is 4.86. The predicted molar refractivity (Wildman–Crippen MR) is 80.4 cm³/mol. The number of oxazole rings is 1. The van der Waals surface area contributed by atoms with Crippen LogP contribution in [0, 0.1) is 17.8 Å². The smallest absolute Gasteiger partial charge is 0.201 e. The number of ether oxygens (including phenoxy) is 1. The molecule has 1 aromatic heterocycles. The Hall–Kier alpha value is -1.51. The van der Waals surface area contributed by atoms with Gasteiger partial charge in [-0.1, -0.05) is 0 Å². The standard InChI is InChI=1S/C18H21NO2/c1-20-14-2-3-15-16(7-14)21-17(19-15)18-8-11-4-12(9-18)6-13(5-11)10-18/h2-3,7,11-13H,4-6,8-10H2,1H3. The van der Waals surface area contributed by atoms with Gasteiger partial charge in [-0.05, 0) is 68.4 Å². The van der Waals surface area contributed by atoms with Crippen LogP contribution >= 0.6 is 0 Å². The molecule has 0 amide bonds. The van der Waals surface area contributed by atoms with E-state index in [1.165, 1.54) is 38.5 Å². The zero-order valence-corrected chi connectivity index (χ0v) is 12.5. The number of hydrogen-bond donors (Lipinski definition) is 0. The van der Waals surface area contributed by atoms with E-state index in [-0.39, 0.29) is 5.41 Å². The molecule has 0 spiro atoms. The quantitative estimate of drug-likeness (QED) is 0.824. The van der Waals surface area contributed by atoms with E-state index >= 15 is 0 Å². The minimum Gasteiger partial charge on any atom is -0.497 e. The molecule has 3 nitrogen and oxygen atoms in total. The summed E-state index contributed by atoms with van der Waals surface area (Å²) < 4.78 is 11.5. The van der Waals surface area contributed by atoms with Gasteiger partial charge in [0.05, 0.1) is 7.11 Å². The maximum atomic E-state index is 6.20. The van der Waals surface area contributed by atoms with E-state index in [9.17, 15) is 0 Å². The molecule has 4 fully saturated rings. The van der Waals surface area contributed by atoms with Gasteiger partial charge in [0, 0.05) is 11.5 Å². The van der Waals surface area contributed by atoms with E-state index in [0.717, 1.165) is 40.5 Å². The molecule has 4 bridgehead atoms. The molecule has 0 N–H and O–H groups in total.